The highest BCUT2D eigenvalue weighted by atomic mass is 19.1. The average molecular weight is 292 g/mol. The largest absolute Gasteiger partial charge is 0.506 e. The Morgan fingerprint density at radius 2 is 1.91 bits per heavy atom. The van der Waals surface area contributed by atoms with Crippen molar-refractivity contribution >= 4 is 21.7 Å². The van der Waals surface area contributed by atoms with Crippen LogP contribution in [-0.2, 0) is 0 Å². The number of hydrogen-bond donors (Lipinski definition) is 1. The number of aromatic hydroxyl groups is 1. The zero-order valence-corrected chi connectivity index (χ0v) is 12.0. The maximum atomic E-state index is 13.5. The number of benzene rings is 3. The van der Waals surface area contributed by atoms with Crippen LogP contribution < -0.4 is 0 Å². The van der Waals surface area contributed by atoms with Gasteiger partial charge in [-0.15, -0.1) is 0 Å². The van der Waals surface area contributed by atoms with Crippen molar-refractivity contribution in [3.8, 4) is 11.4 Å². The van der Waals surface area contributed by atoms with Crippen molar-refractivity contribution < 1.29 is 10.9 Å². The summed E-state index contributed by atoms with van der Waals surface area (Å²) < 4.78 is 23.4. The summed E-state index contributed by atoms with van der Waals surface area (Å²) in [6.45, 7) is 1.90. The molecule has 0 amide bonds. The minimum atomic E-state index is -0.290. The standard InChI is InChI=1S/C19H14FNO/c1-12-11-21(17-8-7-14(20)10-16(12)17)19-15-5-3-2-4-13(15)6-9-18(19)22/h2-11,22H,1H3/i9D. The van der Waals surface area contributed by atoms with E-state index in [4.69, 9.17) is 1.37 Å². The van der Waals surface area contributed by atoms with Crippen molar-refractivity contribution in [3.63, 3.8) is 0 Å². The Labute approximate surface area is 128 Å². The van der Waals surface area contributed by atoms with E-state index in [9.17, 15) is 9.50 Å². The lowest BCUT2D eigenvalue weighted by Gasteiger charge is -2.12. The molecule has 0 atom stereocenters. The van der Waals surface area contributed by atoms with E-state index < -0.39 is 0 Å². The number of hydrogen-bond acceptors (Lipinski definition) is 1. The molecule has 22 heavy (non-hydrogen) atoms. The number of aryl methyl sites for hydroxylation is 1. The van der Waals surface area contributed by atoms with E-state index in [1.807, 2.05) is 42.0 Å². The first kappa shape index (κ1) is 11.8. The molecule has 3 heteroatoms. The predicted molar refractivity (Wildman–Crippen MR) is 87.1 cm³/mol. The van der Waals surface area contributed by atoms with Gasteiger partial charge in [0.05, 0.1) is 12.6 Å². The van der Waals surface area contributed by atoms with E-state index >= 15 is 0 Å². The van der Waals surface area contributed by atoms with E-state index in [0.29, 0.717) is 5.69 Å². The highest BCUT2D eigenvalue weighted by Crippen LogP contribution is 2.34. The summed E-state index contributed by atoms with van der Waals surface area (Å²) in [4.78, 5) is 0. The van der Waals surface area contributed by atoms with Crippen LogP contribution >= 0.6 is 0 Å². The van der Waals surface area contributed by atoms with Crippen molar-refractivity contribution in [3.05, 3.63) is 72.2 Å². The number of fused-ring (bicyclic) bond motifs is 2. The fraction of sp³-hybridized carbons (Fsp3) is 0.0526. The van der Waals surface area contributed by atoms with E-state index in [1.165, 1.54) is 12.1 Å². The zero-order chi connectivity index (χ0) is 16.1. The van der Waals surface area contributed by atoms with E-state index in [-0.39, 0.29) is 17.6 Å². The Kier molecular flexibility index (Phi) is 2.47. The summed E-state index contributed by atoms with van der Waals surface area (Å²) in [7, 11) is 0. The van der Waals surface area contributed by atoms with Crippen LogP contribution in [0.4, 0.5) is 4.39 Å². The van der Waals surface area contributed by atoms with Gasteiger partial charge in [-0.25, -0.2) is 4.39 Å². The normalized spacial score (nSPS) is 12.0. The summed E-state index contributed by atoms with van der Waals surface area (Å²) in [6, 6.07) is 13.9. The zero-order valence-electron chi connectivity index (χ0n) is 13.0. The Balaban J connectivity index is 2.17. The van der Waals surface area contributed by atoms with Gasteiger partial charge in [0.15, 0.2) is 0 Å². The lowest BCUT2D eigenvalue weighted by molar-refractivity contribution is 0.473. The van der Waals surface area contributed by atoms with Crippen molar-refractivity contribution in [1.29, 1.82) is 0 Å². The van der Waals surface area contributed by atoms with Gasteiger partial charge in [-0.3, -0.25) is 0 Å². The number of nitrogens with zero attached hydrogens (tertiary/aromatic N) is 1. The summed E-state index contributed by atoms with van der Waals surface area (Å²) in [6.07, 6.45) is 1.87. The number of phenolic OH excluding ortho intramolecular Hbond substituents is 1. The first-order chi connectivity index (χ1) is 11.1. The molecule has 0 saturated carbocycles. The Hall–Kier alpha value is -2.81. The molecule has 1 N–H and O–H groups in total. The number of aromatic nitrogens is 1. The first-order valence-electron chi connectivity index (χ1n) is 7.55. The first-order valence-corrected chi connectivity index (χ1v) is 7.05. The van der Waals surface area contributed by atoms with Gasteiger partial charge in [-0.2, -0.15) is 0 Å². The molecule has 0 fully saturated rings. The van der Waals surface area contributed by atoms with Crippen LogP contribution in [0.5, 0.6) is 5.75 Å². The molecule has 4 aromatic rings. The van der Waals surface area contributed by atoms with Gasteiger partial charge < -0.3 is 9.67 Å². The van der Waals surface area contributed by atoms with E-state index in [1.54, 1.807) is 12.1 Å². The van der Waals surface area contributed by atoms with Crippen molar-refractivity contribution in [2.24, 2.45) is 0 Å². The third-order valence-electron chi connectivity index (χ3n) is 4.01. The highest BCUT2D eigenvalue weighted by molar-refractivity contribution is 5.96. The van der Waals surface area contributed by atoms with Gasteiger partial charge in [0.1, 0.15) is 11.6 Å². The van der Waals surface area contributed by atoms with E-state index in [0.717, 1.165) is 27.2 Å². The van der Waals surface area contributed by atoms with Crippen molar-refractivity contribution in [2.75, 3.05) is 0 Å². The number of phenols is 1. The van der Waals surface area contributed by atoms with E-state index in [2.05, 4.69) is 0 Å². The SMILES string of the molecule is [2H]c1cc2ccccc2c(-n2cc(C)c3cc(F)ccc32)c1O. The summed E-state index contributed by atoms with van der Waals surface area (Å²) >= 11 is 0. The maximum Gasteiger partial charge on any atom is 0.140 e. The lowest BCUT2D eigenvalue weighted by Crippen LogP contribution is -1.94. The smallest absolute Gasteiger partial charge is 0.140 e. The van der Waals surface area contributed by atoms with Gasteiger partial charge in [0.25, 0.3) is 0 Å². The Bertz CT molecular complexity index is 1070. The minimum absolute atomic E-state index is 0.0697. The number of halogens is 1. The summed E-state index contributed by atoms with van der Waals surface area (Å²) in [5.74, 6) is -0.369. The van der Waals surface area contributed by atoms with Crippen LogP contribution in [-0.4, -0.2) is 9.67 Å². The molecule has 1 heterocycles. The Morgan fingerprint density at radius 3 is 2.77 bits per heavy atom. The topological polar surface area (TPSA) is 25.2 Å². The van der Waals surface area contributed by atoms with Crippen molar-refractivity contribution in [2.45, 2.75) is 6.92 Å². The lowest BCUT2D eigenvalue weighted by atomic mass is 10.1. The second-order valence-corrected chi connectivity index (χ2v) is 5.42. The van der Waals surface area contributed by atoms with Crippen molar-refractivity contribution in [1.82, 2.24) is 4.57 Å². The highest BCUT2D eigenvalue weighted by Gasteiger charge is 2.13. The molecule has 0 aliphatic carbocycles. The third-order valence-corrected chi connectivity index (χ3v) is 4.01. The predicted octanol–water partition coefficient (Wildman–Crippen LogP) is 4.94. The monoisotopic (exact) mass is 292 g/mol. The molecule has 0 unspecified atom stereocenters. The second-order valence-electron chi connectivity index (χ2n) is 5.42. The van der Waals surface area contributed by atoms with Gasteiger partial charge >= 0.3 is 0 Å². The van der Waals surface area contributed by atoms with Crippen LogP contribution in [0, 0.1) is 12.7 Å². The van der Waals surface area contributed by atoms with Gasteiger partial charge in [-0.1, -0.05) is 30.3 Å². The quantitative estimate of drug-likeness (QED) is 0.528. The molecule has 0 bridgehead atoms. The molecule has 0 aliphatic rings. The Morgan fingerprint density at radius 1 is 1.09 bits per heavy atom. The van der Waals surface area contributed by atoms with Crippen LogP contribution in [0.15, 0.2) is 60.8 Å². The molecule has 0 saturated heterocycles. The summed E-state index contributed by atoms with van der Waals surface area (Å²) in [5, 5.41) is 13.0. The van der Waals surface area contributed by atoms with Crippen LogP contribution in [0.3, 0.4) is 0 Å². The molecular weight excluding hydrogens is 277 g/mol. The molecule has 0 radical (unpaired) electrons. The third kappa shape index (κ3) is 1.79. The minimum Gasteiger partial charge on any atom is -0.506 e. The molecule has 3 aromatic carbocycles. The average Bonchev–Trinajstić information content (AvgIpc) is 2.85. The van der Waals surface area contributed by atoms with Crippen LogP contribution in [0.2, 0.25) is 0 Å². The summed E-state index contributed by atoms with van der Waals surface area (Å²) in [5.41, 5.74) is 2.27. The fourth-order valence-electron chi connectivity index (χ4n) is 2.98. The maximum absolute atomic E-state index is 13.5. The molecule has 1 aromatic heterocycles. The van der Waals surface area contributed by atoms with Crippen LogP contribution in [0.25, 0.3) is 27.4 Å². The molecule has 0 aliphatic heterocycles. The molecule has 0 spiro atoms. The molecule has 108 valence electrons. The number of rotatable bonds is 1. The molecular formula is C19H14FNO. The van der Waals surface area contributed by atoms with Gasteiger partial charge in [-0.05, 0) is 42.1 Å². The van der Waals surface area contributed by atoms with Crippen LogP contribution in [0.1, 0.15) is 6.93 Å². The second kappa shape index (κ2) is 4.60. The fourth-order valence-corrected chi connectivity index (χ4v) is 2.98. The van der Waals surface area contributed by atoms with Gasteiger partial charge in [0.2, 0.25) is 0 Å². The molecule has 4 rings (SSSR count). The van der Waals surface area contributed by atoms with Gasteiger partial charge in [0, 0.05) is 17.0 Å². The molecule has 2 nitrogen and oxygen atoms in total.